The number of aromatic nitrogens is 1. The molecule has 0 aliphatic rings. The molecule has 26 heavy (non-hydrogen) atoms. The second-order valence-electron chi connectivity index (χ2n) is 5.50. The molecule has 0 N–H and O–H groups in total. The van der Waals surface area contributed by atoms with E-state index in [1.165, 1.54) is 17.4 Å². The molecule has 1 aromatic heterocycles. The van der Waals surface area contributed by atoms with E-state index in [-0.39, 0.29) is 11.4 Å². The number of hydrogen-bond donors (Lipinski definition) is 0. The van der Waals surface area contributed by atoms with Crippen LogP contribution in [0.2, 0.25) is 5.02 Å². The van der Waals surface area contributed by atoms with Crippen LogP contribution in [0.1, 0.15) is 10.4 Å². The lowest BCUT2D eigenvalue weighted by atomic mass is 10.2. The zero-order valence-corrected chi connectivity index (χ0v) is 16.0. The van der Waals surface area contributed by atoms with E-state index in [2.05, 4.69) is 10.9 Å². The fraction of sp³-hybridized carbons (Fsp3) is 0.111. The maximum atomic E-state index is 12.4. The Morgan fingerprint density at radius 2 is 1.96 bits per heavy atom. The van der Waals surface area contributed by atoms with Gasteiger partial charge in [0, 0.05) is 16.8 Å². The Morgan fingerprint density at radius 1 is 1.27 bits per heavy atom. The number of benzene rings is 2. The van der Waals surface area contributed by atoms with E-state index in [1.807, 2.05) is 0 Å². The summed E-state index contributed by atoms with van der Waals surface area (Å²) in [5.74, 6) is 2.10. The van der Waals surface area contributed by atoms with Gasteiger partial charge in [0.05, 0.1) is 21.7 Å². The quantitative estimate of drug-likeness (QED) is 0.630. The summed E-state index contributed by atoms with van der Waals surface area (Å²) in [7, 11) is -3.33. The second-order valence-corrected chi connectivity index (χ2v) is 8.96. The molecule has 3 aromatic rings. The molecule has 3 rings (SSSR count). The first kappa shape index (κ1) is 18.4. The highest BCUT2D eigenvalue weighted by Gasteiger charge is 2.13. The van der Waals surface area contributed by atoms with Gasteiger partial charge in [-0.15, -0.1) is 6.42 Å². The van der Waals surface area contributed by atoms with Crippen LogP contribution in [0, 0.1) is 12.3 Å². The predicted molar refractivity (Wildman–Crippen MR) is 103 cm³/mol. The van der Waals surface area contributed by atoms with Gasteiger partial charge in [0.15, 0.2) is 14.6 Å². The molecule has 0 aliphatic carbocycles. The van der Waals surface area contributed by atoms with Gasteiger partial charge in [-0.2, -0.15) is 4.99 Å². The minimum absolute atomic E-state index is 0.203. The van der Waals surface area contributed by atoms with Crippen LogP contribution >= 0.6 is 22.9 Å². The van der Waals surface area contributed by atoms with Crippen LogP contribution in [-0.2, 0) is 16.4 Å². The van der Waals surface area contributed by atoms with Crippen molar-refractivity contribution in [3.63, 3.8) is 0 Å². The van der Waals surface area contributed by atoms with E-state index in [1.54, 1.807) is 41.0 Å². The van der Waals surface area contributed by atoms with E-state index < -0.39 is 15.7 Å². The number of terminal acetylenes is 1. The maximum Gasteiger partial charge on any atom is 0.279 e. The Balaban J connectivity index is 2.18. The van der Waals surface area contributed by atoms with Gasteiger partial charge >= 0.3 is 0 Å². The second kappa shape index (κ2) is 7.08. The number of sulfone groups is 1. The van der Waals surface area contributed by atoms with Gasteiger partial charge in [0.2, 0.25) is 0 Å². The largest absolute Gasteiger partial charge is 0.305 e. The monoisotopic (exact) mass is 404 g/mol. The number of carbonyl (C=O) groups excluding carboxylic acids is 1. The Hall–Kier alpha value is -2.40. The number of thiazole rings is 1. The van der Waals surface area contributed by atoms with Crippen molar-refractivity contribution < 1.29 is 13.2 Å². The standard InChI is InChI=1S/C18H13ClN2O3S2/c1-3-10-21-15-9-8-14(26(2,23)24)11-16(15)25-18(21)20-17(22)12-4-6-13(19)7-5-12/h1,4-9,11H,10H2,2H3. The number of fused-ring (bicyclic) bond motifs is 1. The molecule has 8 heteroatoms. The topological polar surface area (TPSA) is 68.5 Å². The molecule has 1 amide bonds. The van der Waals surface area contributed by atoms with Crippen LogP contribution in [0.3, 0.4) is 0 Å². The minimum Gasteiger partial charge on any atom is -0.305 e. The number of halogens is 1. The van der Waals surface area contributed by atoms with Crippen LogP contribution < -0.4 is 4.80 Å². The van der Waals surface area contributed by atoms with Crippen molar-refractivity contribution in [3.8, 4) is 12.3 Å². The maximum absolute atomic E-state index is 12.4. The van der Waals surface area contributed by atoms with Gasteiger partial charge in [-0.05, 0) is 42.5 Å². The van der Waals surface area contributed by atoms with Crippen LogP contribution in [0.5, 0.6) is 0 Å². The number of nitrogens with zero attached hydrogens (tertiary/aromatic N) is 2. The lowest BCUT2D eigenvalue weighted by Crippen LogP contribution is -2.16. The molecular weight excluding hydrogens is 392 g/mol. The van der Waals surface area contributed by atoms with E-state index in [0.717, 1.165) is 11.8 Å². The summed E-state index contributed by atoms with van der Waals surface area (Å²) in [5, 5.41) is 0.527. The smallest absolute Gasteiger partial charge is 0.279 e. The minimum atomic E-state index is -3.33. The van der Waals surface area contributed by atoms with Crippen molar-refractivity contribution in [1.29, 1.82) is 0 Å². The molecule has 0 unspecified atom stereocenters. The summed E-state index contributed by atoms with van der Waals surface area (Å²) in [6.07, 6.45) is 6.58. The highest BCUT2D eigenvalue weighted by molar-refractivity contribution is 7.90. The summed E-state index contributed by atoms with van der Waals surface area (Å²) < 4.78 is 25.9. The third-order valence-corrected chi connectivity index (χ3v) is 6.02. The summed E-state index contributed by atoms with van der Waals surface area (Å²) in [6.45, 7) is 0.213. The number of rotatable bonds is 3. The Bertz CT molecular complexity index is 1210. The highest BCUT2D eigenvalue weighted by atomic mass is 35.5. The SMILES string of the molecule is C#CCn1c(=NC(=O)c2ccc(Cl)cc2)sc2cc(S(C)(=O)=O)ccc21. The zero-order valence-electron chi connectivity index (χ0n) is 13.6. The Morgan fingerprint density at radius 3 is 2.58 bits per heavy atom. The molecule has 0 saturated heterocycles. The van der Waals surface area contributed by atoms with Gasteiger partial charge in [-0.3, -0.25) is 4.79 Å². The fourth-order valence-electron chi connectivity index (χ4n) is 2.36. The lowest BCUT2D eigenvalue weighted by Gasteiger charge is -2.01. The van der Waals surface area contributed by atoms with E-state index in [4.69, 9.17) is 18.0 Å². The molecule has 0 atom stereocenters. The molecule has 0 radical (unpaired) electrons. The molecule has 0 spiro atoms. The first-order valence-corrected chi connectivity index (χ1v) is 10.5. The van der Waals surface area contributed by atoms with E-state index in [0.29, 0.717) is 20.1 Å². The van der Waals surface area contributed by atoms with Gasteiger partial charge in [-0.1, -0.05) is 28.9 Å². The third-order valence-electron chi connectivity index (χ3n) is 3.62. The van der Waals surface area contributed by atoms with Gasteiger partial charge < -0.3 is 4.57 Å². The predicted octanol–water partition coefficient (Wildman–Crippen LogP) is 3.13. The summed E-state index contributed by atoms with van der Waals surface area (Å²) in [5.41, 5.74) is 1.12. The summed E-state index contributed by atoms with van der Waals surface area (Å²) in [4.78, 5) is 17.2. The average Bonchev–Trinajstić information content (AvgIpc) is 2.92. The molecule has 5 nitrogen and oxygen atoms in total. The molecule has 0 fully saturated rings. The average molecular weight is 405 g/mol. The van der Waals surface area contributed by atoms with Crippen molar-refractivity contribution >= 4 is 48.9 Å². The van der Waals surface area contributed by atoms with Crippen LogP contribution in [-0.4, -0.2) is 25.1 Å². The normalized spacial score (nSPS) is 12.3. The molecule has 0 bridgehead atoms. The Labute approximate surface area is 159 Å². The third kappa shape index (κ3) is 3.73. The number of hydrogen-bond acceptors (Lipinski definition) is 4. The molecule has 0 aliphatic heterocycles. The van der Waals surface area contributed by atoms with E-state index >= 15 is 0 Å². The lowest BCUT2D eigenvalue weighted by molar-refractivity contribution is 0.0998. The van der Waals surface area contributed by atoms with Crippen molar-refractivity contribution in [1.82, 2.24) is 4.57 Å². The molecule has 0 saturated carbocycles. The molecule has 2 aromatic carbocycles. The van der Waals surface area contributed by atoms with Crippen molar-refractivity contribution in [3.05, 3.63) is 57.9 Å². The Kier molecular flexibility index (Phi) is 5.01. The summed E-state index contributed by atoms with van der Waals surface area (Å²) >= 11 is 7.04. The van der Waals surface area contributed by atoms with Crippen LogP contribution in [0.25, 0.3) is 10.2 Å². The van der Waals surface area contributed by atoms with Gasteiger partial charge in [0.1, 0.15) is 0 Å². The van der Waals surface area contributed by atoms with Crippen molar-refractivity contribution in [2.24, 2.45) is 4.99 Å². The zero-order chi connectivity index (χ0) is 18.9. The molecular formula is C18H13ClN2O3S2. The number of carbonyl (C=O) groups is 1. The van der Waals surface area contributed by atoms with Crippen molar-refractivity contribution in [2.75, 3.05) is 6.26 Å². The molecule has 132 valence electrons. The van der Waals surface area contributed by atoms with Crippen LogP contribution in [0.4, 0.5) is 0 Å². The van der Waals surface area contributed by atoms with Gasteiger partial charge in [0.25, 0.3) is 5.91 Å². The van der Waals surface area contributed by atoms with Gasteiger partial charge in [-0.25, -0.2) is 8.42 Å². The number of amides is 1. The van der Waals surface area contributed by atoms with Crippen LogP contribution in [0.15, 0.2) is 52.4 Å². The highest BCUT2D eigenvalue weighted by Crippen LogP contribution is 2.22. The first-order valence-electron chi connectivity index (χ1n) is 7.41. The molecule has 1 heterocycles. The van der Waals surface area contributed by atoms with E-state index in [9.17, 15) is 13.2 Å². The summed E-state index contributed by atoms with van der Waals surface area (Å²) in [6, 6.07) is 11.2. The first-order chi connectivity index (χ1) is 12.3. The van der Waals surface area contributed by atoms with Crippen molar-refractivity contribution in [2.45, 2.75) is 11.4 Å². The fourth-order valence-corrected chi connectivity index (χ4v) is 4.27.